The smallest absolute Gasteiger partial charge is 0.333 e. The second-order valence-electron chi connectivity index (χ2n) is 3.46. The molecule has 1 saturated heterocycles. The van der Waals surface area contributed by atoms with Crippen LogP contribution in [0.25, 0.3) is 0 Å². The van der Waals surface area contributed by atoms with E-state index in [4.69, 9.17) is 5.21 Å². The molecule has 1 aliphatic rings. The Hall–Kier alpha value is -1.18. The molecule has 8 heteroatoms. The van der Waals surface area contributed by atoms with Gasteiger partial charge in [0.1, 0.15) is 0 Å². The van der Waals surface area contributed by atoms with E-state index in [1.54, 1.807) is 6.92 Å². The van der Waals surface area contributed by atoms with E-state index >= 15 is 0 Å². The molecule has 1 rings (SSSR count). The Labute approximate surface area is 98.7 Å². The van der Waals surface area contributed by atoms with E-state index in [1.165, 1.54) is 14.1 Å². The number of hydrogen-bond donors (Lipinski definition) is 2. The van der Waals surface area contributed by atoms with Crippen LogP contribution in [-0.2, 0) is 9.59 Å². The fourth-order valence-corrected chi connectivity index (χ4v) is 1.59. The van der Waals surface area contributed by atoms with Crippen molar-refractivity contribution in [2.45, 2.75) is 18.9 Å². The van der Waals surface area contributed by atoms with Crippen LogP contribution in [0.15, 0.2) is 0 Å². The molecule has 7 nitrogen and oxygen atoms in total. The maximum atomic E-state index is 11.7. The molecular weight excluding hydrogens is 238 g/mol. The number of carbonyl (C=O) groups excluding carboxylic acids is 3. The minimum Gasteiger partial charge on any atom is -1.00 e. The SMILES string of the molecule is CCC1([NH2+]O)C(=O)N(C)C(=O)N(C)C1=O.[Cl-]. The minimum absolute atomic E-state index is 0. The van der Waals surface area contributed by atoms with Gasteiger partial charge in [-0.05, 0) is 0 Å². The molecule has 1 fully saturated rings. The Balaban J connectivity index is 0.00000225. The number of amides is 4. The van der Waals surface area contributed by atoms with Crippen LogP contribution in [0.3, 0.4) is 0 Å². The lowest BCUT2D eigenvalue weighted by molar-refractivity contribution is -0.916. The third-order valence-corrected chi connectivity index (χ3v) is 2.72. The van der Waals surface area contributed by atoms with Crippen LogP contribution in [0.5, 0.6) is 0 Å². The maximum Gasteiger partial charge on any atom is 0.333 e. The molecule has 0 bridgehead atoms. The quantitative estimate of drug-likeness (QED) is 0.380. The molecule has 0 unspecified atom stereocenters. The van der Waals surface area contributed by atoms with Crippen molar-refractivity contribution in [3.05, 3.63) is 0 Å². The minimum atomic E-state index is -1.61. The fraction of sp³-hybridized carbons (Fsp3) is 0.625. The first-order valence-electron chi connectivity index (χ1n) is 4.51. The highest BCUT2D eigenvalue weighted by Crippen LogP contribution is 2.18. The number of hydrogen-bond acceptors (Lipinski definition) is 4. The first-order chi connectivity index (χ1) is 6.92. The summed E-state index contributed by atoms with van der Waals surface area (Å²) >= 11 is 0. The van der Waals surface area contributed by atoms with Gasteiger partial charge in [-0.2, -0.15) is 5.48 Å². The van der Waals surface area contributed by atoms with Gasteiger partial charge in [0.05, 0.1) is 0 Å². The molecule has 0 aromatic carbocycles. The van der Waals surface area contributed by atoms with Crippen molar-refractivity contribution >= 4 is 17.8 Å². The number of quaternary nitrogens is 1. The Kier molecular flexibility index (Phi) is 4.42. The topological polar surface area (TPSA) is 94.5 Å². The summed E-state index contributed by atoms with van der Waals surface area (Å²) in [5.74, 6) is -1.39. The van der Waals surface area contributed by atoms with Gasteiger partial charge in [0, 0.05) is 20.5 Å². The number of likely N-dealkylation sites (N-methyl/N-ethyl adjacent to an activating group) is 2. The molecular formula is C8H14ClN3O4. The number of barbiturate groups is 1. The molecule has 16 heavy (non-hydrogen) atoms. The monoisotopic (exact) mass is 251 g/mol. The predicted molar refractivity (Wildman–Crippen MR) is 47.7 cm³/mol. The summed E-state index contributed by atoms with van der Waals surface area (Å²) in [6.45, 7) is 1.60. The second kappa shape index (κ2) is 4.77. The average Bonchev–Trinajstić information content (AvgIpc) is 2.26. The number of nitrogens with zero attached hydrogens (tertiary/aromatic N) is 2. The summed E-state index contributed by atoms with van der Waals surface area (Å²) in [5, 5.41) is 9.07. The largest absolute Gasteiger partial charge is 1.00 e. The number of hydroxylamine groups is 1. The Bertz CT molecular complexity index is 303. The van der Waals surface area contributed by atoms with Crippen LogP contribution < -0.4 is 17.9 Å². The highest BCUT2D eigenvalue weighted by Gasteiger charge is 2.58. The predicted octanol–water partition coefficient (Wildman–Crippen LogP) is -4.86. The van der Waals surface area contributed by atoms with Crippen LogP contribution >= 0.6 is 0 Å². The van der Waals surface area contributed by atoms with Crippen LogP contribution in [-0.4, -0.2) is 52.5 Å². The Morgan fingerprint density at radius 3 is 1.81 bits per heavy atom. The van der Waals surface area contributed by atoms with Gasteiger partial charge in [0.2, 0.25) is 0 Å². The van der Waals surface area contributed by atoms with E-state index < -0.39 is 23.4 Å². The zero-order chi connectivity index (χ0) is 11.8. The molecule has 0 radical (unpaired) electrons. The van der Waals surface area contributed by atoms with Crippen molar-refractivity contribution < 1.29 is 37.5 Å². The lowest BCUT2D eigenvalue weighted by Crippen LogP contribution is -3.02. The summed E-state index contributed by atoms with van der Waals surface area (Å²) in [6.07, 6.45) is 0.114. The van der Waals surface area contributed by atoms with E-state index in [0.29, 0.717) is 5.48 Å². The van der Waals surface area contributed by atoms with E-state index in [1.807, 2.05) is 0 Å². The third kappa shape index (κ3) is 1.66. The number of nitrogens with two attached hydrogens (primary N) is 1. The summed E-state index contributed by atoms with van der Waals surface area (Å²) in [6, 6.07) is -0.684. The molecule has 0 aromatic heterocycles. The summed E-state index contributed by atoms with van der Waals surface area (Å²) in [5.41, 5.74) is -1.05. The lowest BCUT2D eigenvalue weighted by Gasteiger charge is -2.36. The fourth-order valence-electron chi connectivity index (χ4n) is 1.59. The summed E-state index contributed by atoms with van der Waals surface area (Å²) in [7, 11) is 2.56. The number of carbonyl (C=O) groups is 3. The van der Waals surface area contributed by atoms with E-state index in [-0.39, 0.29) is 18.8 Å². The normalized spacial score (nSPS) is 19.9. The van der Waals surface area contributed by atoms with Crippen LogP contribution in [0.1, 0.15) is 13.3 Å². The van der Waals surface area contributed by atoms with Gasteiger partial charge in [-0.15, -0.1) is 0 Å². The van der Waals surface area contributed by atoms with Gasteiger partial charge in [0.25, 0.3) is 5.54 Å². The number of halogens is 1. The second-order valence-corrected chi connectivity index (χ2v) is 3.46. The molecule has 92 valence electrons. The van der Waals surface area contributed by atoms with Gasteiger partial charge in [-0.25, -0.2) is 10.0 Å². The number of urea groups is 1. The van der Waals surface area contributed by atoms with Crippen LogP contribution in [0.4, 0.5) is 4.79 Å². The number of rotatable bonds is 2. The highest BCUT2D eigenvalue weighted by atomic mass is 35.5. The first kappa shape index (κ1) is 14.8. The van der Waals surface area contributed by atoms with E-state index in [2.05, 4.69) is 0 Å². The van der Waals surface area contributed by atoms with Crippen molar-refractivity contribution in [3.63, 3.8) is 0 Å². The van der Waals surface area contributed by atoms with Crippen molar-refractivity contribution in [2.75, 3.05) is 14.1 Å². The molecule has 1 aliphatic heterocycles. The van der Waals surface area contributed by atoms with E-state index in [0.717, 1.165) is 9.80 Å². The molecule has 0 aliphatic carbocycles. The van der Waals surface area contributed by atoms with Crippen molar-refractivity contribution in [3.8, 4) is 0 Å². The standard InChI is InChI=1S/C8H13N3O4.ClH/c1-4-8(9-15)5(12)10(2)7(14)11(3)6(8)13;/h9,15H,4H2,1-3H3;1H. The molecule has 3 N–H and O–H groups in total. The zero-order valence-electron chi connectivity index (χ0n) is 9.23. The van der Waals surface area contributed by atoms with Gasteiger partial charge in [0.15, 0.2) is 0 Å². The average molecular weight is 252 g/mol. The molecule has 4 amide bonds. The van der Waals surface area contributed by atoms with Gasteiger partial charge in [-0.3, -0.25) is 19.4 Å². The molecule has 0 atom stereocenters. The van der Waals surface area contributed by atoms with Crippen molar-refractivity contribution in [2.24, 2.45) is 0 Å². The molecule has 0 spiro atoms. The summed E-state index contributed by atoms with van der Waals surface area (Å²) in [4.78, 5) is 36.5. The third-order valence-electron chi connectivity index (χ3n) is 2.72. The zero-order valence-corrected chi connectivity index (χ0v) is 9.98. The van der Waals surface area contributed by atoms with Crippen LogP contribution in [0.2, 0.25) is 0 Å². The molecule has 1 heterocycles. The lowest BCUT2D eigenvalue weighted by atomic mass is 9.92. The summed E-state index contributed by atoms with van der Waals surface area (Å²) < 4.78 is 0. The Morgan fingerprint density at radius 2 is 1.56 bits per heavy atom. The maximum absolute atomic E-state index is 11.7. The number of imide groups is 2. The van der Waals surface area contributed by atoms with Gasteiger partial charge >= 0.3 is 17.8 Å². The van der Waals surface area contributed by atoms with Gasteiger partial charge < -0.3 is 12.4 Å². The highest BCUT2D eigenvalue weighted by molar-refractivity contribution is 6.20. The van der Waals surface area contributed by atoms with Crippen molar-refractivity contribution in [1.29, 1.82) is 0 Å². The first-order valence-corrected chi connectivity index (χ1v) is 4.51. The molecule has 0 aromatic rings. The Morgan fingerprint density at radius 1 is 1.19 bits per heavy atom. The van der Waals surface area contributed by atoms with E-state index in [9.17, 15) is 14.4 Å². The van der Waals surface area contributed by atoms with Gasteiger partial charge in [-0.1, -0.05) is 6.92 Å². The van der Waals surface area contributed by atoms with Crippen LogP contribution in [0, 0.1) is 0 Å². The molecule has 0 saturated carbocycles. The van der Waals surface area contributed by atoms with Crippen molar-refractivity contribution in [1.82, 2.24) is 9.80 Å².